The molecule has 0 N–H and O–H groups in total. The fraction of sp³-hybridized carbons (Fsp3) is 0.364. The molecule has 2 aliphatic rings. The quantitative estimate of drug-likeness (QED) is 0.506. The molecular formula is C22H21BrF2N2O3S. The SMILES string of the molecule is O=C1OC2(CCN(C(=O)c3cccc(SC(F)F)c3)CC2)CN1Cc1cccc(Br)c1. The van der Waals surface area contributed by atoms with Crippen molar-refractivity contribution in [2.45, 2.75) is 35.6 Å². The molecule has 9 heteroatoms. The fourth-order valence-corrected chi connectivity index (χ4v) is 5.04. The molecule has 2 saturated heterocycles. The summed E-state index contributed by atoms with van der Waals surface area (Å²) in [5.41, 5.74) is 0.812. The number of likely N-dealkylation sites (tertiary alicyclic amines) is 1. The molecule has 2 aromatic rings. The average molecular weight is 511 g/mol. The number of rotatable bonds is 5. The van der Waals surface area contributed by atoms with Gasteiger partial charge in [-0.25, -0.2) is 4.79 Å². The van der Waals surface area contributed by atoms with E-state index in [1.165, 1.54) is 6.07 Å². The van der Waals surface area contributed by atoms with Crippen LogP contribution in [0.3, 0.4) is 0 Å². The summed E-state index contributed by atoms with van der Waals surface area (Å²) in [7, 11) is 0. The van der Waals surface area contributed by atoms with Crippen LogP contribution in [0.5, 0.6) is 0 Å². The molecule has 5 nitrogen and oxygen atoms in total. The highest BCUT2D eigenvalue weighted by Gasteiger charge is 2.47. The standard InChI is InChI=1S/C22H21BrF2N2O3S/c23-17-5-1-3-15(11-17)13-27-14-22(30-21(27)29)7-9-26(10-8-22)19(28)16-4-2-6-18(12-16)31-20(24)25/h1-6,11-12,20H,7-10,13-14H2. The number of alkyl halides is 2. The van der Waals surface area contributed by atoms with Gasteiger partial charge < -0.3 is 9.64 Å². The highest BCUT2D eigenvalue weighted by atomic mass is 79.9. The summed E-state index contributed by atoms with van der Waals surface area (Å²) in [6.45, 7) is 1.85. The van der Waals surface area contributed by atoms with Gasteiger partial charge in [0.05, 0.1) is 6.54 Å². The van der Waals surface area contributed by atoms with Crippen molar-refractivity contribution in [1.29, 1.82) is 0 Å². The predicted octanol–water partition coefficient (Wildman–Crippen LogP) is 5.39. The van der Waals surface area contributed by atoms with Crippen molar-refractivity contribution in [3.05, 3.63) is 64.1 Å². The first kappa shape index (κ1) is 22.1. The maximum Gasteiger partial charge on any atom is 0.410 e. The van der Waals surface area contributed by atoms with Crippen LogP contribution in [0.4, 0.5) is 13.6 Å². The Kier molecular flexibility index (Phi) is 6.52. The lowest BCUT2D eigenvalue weighted by Crippen LogP contribution is -2.48. The Morgan fingerprint density at radius 2 is 1.90 bits per heavy atom. The van der Waals surface area contributed by atoms with Crippen LogP contribution in [-0.2, 0) is 11.3 Å². The fourth-order valence-electron chi connectivity index (χ4n) is 4.04. The van der Waals surface area contributed by atoms with Crippen LogP contribution in [-0.4, -0.2) is 52.8 Å². The van der Waals surface area contributed by atoms with Crippen molar-refractivity contribution in [2.24, 2.45) is 0 Å². The van der Waals surface area contributed by atoms with Crippen LogP contribution in [0.15, 0.2) is 57.9 Å². The minimum Gasteiger partial charge on any atom is -0.441 e. The lowest BCUT2D eigenvalue weighted by Gasteiger charge is -2.37. The van der Waals surface area contributed by atoms with E-state index in [-0.39, 0.29) is 12.0 Å². The van der Waals surface area contributed by atoms with E-state index in [4.69, 9.17) is 4.74 Å². The highest BCUT2D eigenvalue weighted by molar-refractivity contribution is 9.10. The number of amides is 2. The predicted molar refractivity (Wildman–Crippen MR) is 117 cm³/mol. The number of benzene rings is 2. The Bertz CT molecular complexity index is 983. The molecule has 0 aromatic heterocycles. The molecule has 2 fully saturated rings. The van der Waals surface area contributed by atoms with Crippen LogP contribution in [0.2, 0.25) is 0 Å². The maximum atomic E-state index is 12.8. The summed E-state index contributed by atoms with van der Waals surface area (Å²) in [4.78, 5) is 29.1. The monoisotopic (exact) mass is 510 g/mol. The molecular weight excluding hydrogens is 490 g/mol. The van der Waals surface area contributed by atoms with Crippen LogP contribution < -0.4 is 0 Å². The number of nitrogens with zero attached hydrogens (tertiary/aromatic N) is 2. The number of thioether (sulfide) groups is 1. The van der Waals surface area contributed by atoms with E-state index in [0.29, 0.717) is 61.2 Å². The van der Waals surface area contributed by atoms with Gasteiger partial charge in [0.25, 0.3) is 11.7 Å². The third-order valence-corrected chi connectivity index (χ3v) is 6.77. The topological polar surface area (TPSA) is 49.9 Å². The van der Waals surface area contributed by atoms with Gasteiger partial charge in [0.15, 0.2) is 0 Å². The first-order chi connectivity index (χ1) is 14.8. The Balaban J connectivity index is 1.37. The van der Waals surface area contributed by atoms with Crippen LogP contribution >= 0.6 is 27.7 Å². The molecule has 4 rings (SSSR count). The first-order valence-electron chi connectivity index (χ1n) is 9.90. The van der Waals surface area contributed by atoms with Gasteiger partial charge in [-0.1, -0.05) is 45.9 Å². The number of carbonyl (C=O) groups is 2. The summed E-state index contributed by atoms with van der Waals surface area (Å²) in [5.74, 6) is -2.72. The number of ether oxygens (including phenoxy) is 1. The number of carbonyl (C=O) groups excluding carboxylic acids is 2. The summed E-state index contributed by atoms with van der Waals surface area (Å²) in [5, 5.41) is 0. The number of piperidine rings is 1. The van der Waals surface area contributed by atoms with Gasteiger partial charge in [-0.3, -0.25) is 9.69 Å². The molecule has 2 heterocycles. The Morgan fingerprint density at radius 3 is 2.61 bits per heavy atom. The Morgan fingerprint density at radius 1 is 1.16 bits per heavy atom. The summed E-state index contributed by atoms with van der Waals surface area (Å²) in [6.07, 6.45) is 0.757. The molecule has 0 aliphatic carbocycles. The summed E-state index contributed by atoms with van der Waals surface area (Å²) < 4.78 is 31.9. The third-order valence-electron chi connectivity index (χ3n) is 5.57. The minimum atomic E-state index is -2.53. The molecule has 2 amide bonds. The van der Waals surface area contributed by atoms with Gasteiger partial charge >= 0.3 is 6.09 Å². The van der Waals surface area contributed by atoms with E-state index in [2.05, 4.69) is 15.9 Å². The van der Waals surface area contributed by atoms with Crippen molar-refractivity contribution >= 4 is 39.7 Å². The summed E-state index contributed by atoms with van der Waals surface area (Å²) in [6, 6.07) is 14.1. The normalized spacial score (nSPS) is 18.0. The highest BCUT2D eigenvalue weighted by Crippen LogP contribution is 2.35. The second-order valence-electron chi connectivity index (χ2n) is 7.74. The molecule has 1 spiro atoms. The van der Waals surface area contributed by atoms with E-state index in [0.717, 1.165) is 10.0 Å². The Hall–Kier alpha value is -2.13. The van der Waals surface area contributed by atoms with Crippen LogP contribution in [0.1, 0.15) is 28.8 Å². The smallest absolute Gasteiger partial charge is 0.410 e. The molecule has 0 unspecified atom stereocenters. The van der Waals surface area contributed by atoms with Crippen molar-refractivity contribution in [1.82, 2.24) is 9.80 Å². The second-order valence-corrected chi connectivity index (χ2v) is 9.71. The molecule has 0 bridgehead atoms. The minimum absolute atomic E-state index is 0.193. The first-order valence-corrected chi connectivity index (χ1v) is 11.6. The average Bonchev–Trinajstić information content (AvgIpc) is 3.02. The van der Waals surface area contributed by atoms with Crippen molar-refractivity contribution in [3.8, 4) is 0 Å². The molecule has 0 atom stereocenters. The zero-order valence-electron chi connectivity index (χ0n) is 16.6. The van der Waals surface area contributed by atoms with Gasteiger partial charge in [0, 0.05) is 47.4 Å². The van der Waals surface area contributed by atoms with E-state index in [1.807, 2.05) is 24.3 Å². The largest absolute Gasteiger partial charge is 0.441 e. The lowest BCUT2D eigenvalue weighted by molar-refractivity contribution is 0.00312. The van der Waals surface area contributed by atoms with E-state index in [9.17, 15) is 18.4 Å². The van der Waals surface area contributed by atoms with E-state index >= 15 is 0 Å². The van der Waals surface area contributed by atoms with Crippen LogP contribution in [0, 0.1) is 0 Å². The van der Waals surface area contributed by atoms with Crippen molar-refractivity contribution in [2.75, 3.05) is 19.6 Å². The lowest BCUT2D eigenvalue weighted by atomic mass is 9.91. The van der Waals surface area contributed by atoms with Crippen molar-refractivity contribution in [3.63, 3.8) is 0 Å². The van der Waals surface area contributed by atoms with Gasteiger partial charge in [-0.2, -0.15) is 8.78 Å². The van der Waals surface area contributed by atoms with Gasteiger partial charge in [-0.15, -0.1) is 0 Å². The zero-order chi connectivity index (χ0) is 22.0. The van der Waals surface area contributed by atoms with E-state index < -0.39 is 11.4 Å². The molecule has 2 aliphatic heterocycles. The maximum absolute atomic E-state index is 12.8. The Labute approximate surface area is 191 Å². The molecule has 31 heavy (non-hydrogen) atoms. The third kappa shape index (κ3) is 5.20. The van der Waals surface area contributed by atoms with Gasteiger partial charge in [0.2, 0.25) is 0 Å². The van der Waals surface area contributed by atoms with Gasteiger partial charge in [-0.05, 0) is 35.9 Å². The summed E-state index contributed by atoms with van der Waals surface area (Å²) >= 11 is 3.87. The van der Waals surface area contributed by atoms with Gasteiger partial charge in [0.1, 0.15) is 5.60 Å². The molecule has 0 radical (unpaired) electrons. The molecule has 2 aromatic carbocycles. The van der Waals surface area contributed by atoms with Crippen molar-refractivity contribution < 1.29 is 23.1 Å². The number of hydrogen-bond donors (Lipinski definition) is 0. The number of halogens is 3. The van der Waals surface area contributed by atoms with Crippen LogP contribution in [0.25, 0.3) is 0 Å². The molecule has 0 saturated carbocycles. The number of hydrogen-bond acceptors (Lipinski definition) is 4. The zero-order valence-corrected chi connectivity index (χ0v) is 19.0. The second kappa shape index (κ2) is 9.16. The molecule has 164 valence electrons. The van der Waals surface area contributed by atoms with E-state index in [1.54, 1.807) is 28.0 Å².